The Kier molecular flexibility index (Phi) is 4.94. The van der Waals surface area contributed by atoms with Crippen molar-refractivity contribution < 1.29 is 23.0 Å². The van der Waals surface area contributed by atoms with E-state index in [1.807, 2.05) is 36.4 Å². The fourth-order valence-electron chi connectivity index (χ4n) is 3.39. The second-order valence-corrected chi connectivity index (χ2v) is 6.44. The van der Waals surface area contributed by atoms with Gasteiger partial charge in [-0.05, 0) is 36.6 Å². The van der Waals surface area contributed by atoms with Gasteiger partial charge in [0, 0.05) is 11.1 Å². The van der Waals surface area contributed by atoms with Crippen LogP contribution in [0.25, 0.3) is 5.57 Å². The second-order valence-electron chi connectivity index (χ2n) is 6.44. The Morgan fingerprint density at radius 1 is 1.11 bits per heavy atom. The SMILES string of the molecule is CCOc1ccc2c(c1F)COC1=C(F)C(OCc3ccccc3)CC=C12. The molecule has 0 saturated carbocycles. The van der Waals surface area contributed by atoms with Crippen LogP contribution in [0.3, 0.4) is 0 Å². The van der Waals surface area contributed by atoms with Gasteiger partial charge in [-0.1, -0.05) is 36.4 Å². The second kappa shape index (κ2) is 7.53. The molecule has 0 fully saturated rings. The van der Waals surface area contributed by atoms with Crippen molar-refractivity contribution in [1.82, 2.24) is 0 Å². The number of hydrogen-bond acceptors (Lipinski definition) is 3. The first-order chi connectivity index (χ1) is 13.2. The first kappa shape index (κ1) is 17.7. The number of allylic oxidation sites excluding steroid dienone is 1. The third kappa shape index (κ3) is 3.35. The molecule has 0 radical (unpaired) electrons. The number of fused-ring (bicyclic) bond motifs is 3. The fraction of sp³-hybridized carbons (Fsp3) is 0.273. The topological polar surface area (TPSA) is 27.7 Å². The van der Waals surface area contributed by atoms with Crippen LogP contribution in [0, 0.1) is 5.82 Å². The lowest BCUT2D eigenvalue weighted by molar-refractivity contribution is 0.0430. The Hall–Kier alpha value is -2.66. The van der Waals surface area contributed by atoms with E-state index < -0.39 is 17.7 Å². The van der Waals surface area contributed by atoms with Gasteiger partial charge < -0.3 is 14.2 Å². The van der Waals surface area contributed by atoms with Gasteiger partial charge in [0.25, 0.3) is 0 Å². The summed E-state index contributed by atoms with van der Waals surface area (Å²) in [6, 6.07) is 13.0. The highest BCUT2D eigenvalue weighted by Crippen LogP contribution is 2.42. The molecule has 0 amide bonds. The molecule has 0 saturated heterocycles. The van der Waals surface area contributed by atoms with Crippen LogP contribution >= 0.6 is 0 Å². The summed E-state index contributed by atoms with van der Waals surface area (Å²) >= 11 is 0. The summed E-state index contributed by atoms with van der Waals surface area (Å²) in [7, 11) is 0. The molecule has 1 aliphatic heterocycles. The molecule has 0 spiro atoms. The lowest BCUT2D eigenvalue weighted by Crippen LogP contribution is -2.22. The standard InChI is InChI=1S/C22H20F2O3/c1-2-25-18-10-8-15-16-9-11-19(26-12-14-6-4-3-5-7-14)21(24)22(16)27-13-17(15)20(18)23/h3-10,19H,2,11-13H2,1H3. The smallest absolute Gasteiger partial charge is 0.172 e. The molecule has 1 aliphatic carbocycles. The Morgan fingerprint density at radius 2 is 1.93 bits per heavy atom. The van der Waals surface area contributed by atoms with Crippen LogP contribution < -0.4 is 4.74 Å². The van der Waals surface area contributed by atoms with E-state index in [0.717, 1.165) is 5.56 Å². The van der Waals surface area contributed by atoms with Crippen molar-refractivity contribution in [2.75, 3.05) is 6.61 Å². The zero-order chi connectivity index (χ0) is 18.8. The molecule has 2 aliphatic rings. The maximum absolute atomic E-state index is 15.0. The number of rotatable bonds is 5. The van der Waals surface area contributed by atoms with Crippen LogP contribution in [-0.4, -0.2) is 12.7 Å². The molecule has 1 atom stereocenters. The summed E-state index contributed by atoms with van der Waals surface area (Å²) in [6.45, 7) is 2.45. The normalized spacial score (nSPS) is 18.3. The largest absolute Gasteiger partial charge is 0.491 e. The molecule has 5 heteroatoms. The third-order valence-corrected chi connectivity index (χ3v) is 4.73. The predicted octanol–water partition coefficient (Wildman–Crippen LogP) is 5.31. The molecular weight excluding hydrogens is 350 g/mol. The molecule has 27 heavy (non-hydrogen) atoms. The van der Waals surface area contributed by atoms with E-state index >= 15 is 0 Å². The molecule has 4 rings (SSSR count). The third-order valence-electron chi connectivity index (χ3n) is 4.73. The Labute approximate surface area is 156 Å². The van der Waals surface area contributed by atoms with Crippen LogP contribution in [0.5, 0.6) is 5.75 Å². The highest BCUT2D eigenvalue weighted by Gasteiger charge is 2.33. The number of hydrogen-bond donors (Lipinski definition) is 0. The summed E-state index contributed by atoms with van der Waals surface area (Å²) in [6.07, 6.45) is 1.53. The van der Waals surface area contributed by atoms with Crippen LogP contribution in [0.4, 0.5) is 8.78 Å². The maximum Gasteiger partial charge on any atom is 0.172 e. The minimum Gasteiger partial charge on any atom is -0.491 e. The lowest BCUT2D eigenvalue weighted by atomic mass is 9.90. The number of ether oxygens (including phenoxy) is 3. The van der Waals surface area contributed by atoms with E-state index in [1.165, 1.54) is 0 Å². The quantitative estimate of drug-likeness (QED) is 0.714. The van der Waals surface area contributed by atoms with Crippen LogP contribution in [0.15, 0.2) is 60.1 Å². The van der Waals surface area contributed by atoms with Gasteiger partial charge in [-0.3, -0.25) is 0 Å². The molecule has 0 aromatic heterocycles. The molecule has 1 heterocycles. The van der Waals surface area contributed by atoms with E-state index in [9.17, 15) is 8.78 Å². The molecule has 3 nitrogen and oxygen atoms in total. The molecular formula is C22H20F2O3. The van der Waals surface area contributed by atoms with Gasteiger partial charge in [-0.25, -0.2) is 8.78 Å². The molecule has 0 bridgehead atoms. The number of benzene rings is 2. The van der Waals surface area contributed by atoms with Crippen molar-refractivity contribution >= 4 is 5.57 Å². The minimum absolute atomic E-state index is 0.0341. The first-order valence-electron chi connectivity index (χ1n) is 9.02. The van der Waals surface area contributed by atoms with Crippen LogP contribution in [0.1, 0.15) is 30.0 Å². The van der Waals surface area contributed by atoms with Crippen molar-refractivity contribution in [3.05, 3.63) is 82.6 Å². The average molecular weight is 370 g/mol. The molecule has 1 unspecified atom stereocenters. The summed E-state index contributed by atoms with van der Waals surface area (Å²) in [5, 5.41) is 0. The molecule has 2 aromatic carbocycles. The van der Waals surface area contributed by atoms with Crippen molar-refractivity contribution in [3.63, 3.8) is 0 Å². The number of halogens is 2. The molecule has 2 aromatic rings. The van der Waals surface area contributed by atoms with Gasteiger partial charge in [-0.2, -0.15) is 0 Å². The zero-order valence-corrected chi connectivity index (χ0v) is 15.0. The van der Waals surface area contributed by atoms with E-state index in [-0.39, 0.29) is 18.1 Å². The predicted molar refractivity (Wildman–Crippen MR) is 98.1 cm³/mol. The summed E-state index contributed by atoms with van der Waals surface area (Å²) in [4.78, 5) is 0. The highest BCUT2D eigenvalue weighted by molar-refractivity contribution is 5.82. The van der Waals surface area contributed by atoms with Crippen molar-refractivity contribution in [3.8, 4) is 5.75 Å². The fourth-order valence-corrected chi connectivity index (χ4v) is 3.39. The first-order valence-corrected chi connectivity index (χ1v) is 9.02. The summed E-state index contributed by atoms with van der Waals surface area (Å²) < 4.78 is 46.2. The van der Waals surface area contributed by atoms with Gasteiger partial charge in [0.05, 0.1) is 13.2 Å². The van der Waals surface area contributed by atoms with Gasteiger partial charge in [0.15, 0.2) is 23.2 Å². The van der Waals surface area contributed by atoms with Gasteiger partial charge in [0.2, 0.25) is 0 Å². The van der Waals surface area contributed by atoms with Crippen molar-refractivity contribution in [1.29, 1.82) is 0 Å². The Bertz CT molecular complexity index is 903. The van der Waals surface area contributed by atoms with E-state index in [1.54, 1.807) is 19.1 Å². The van der Waals surface area contributed by atoms with Gasteiger partial charge >= 0.3 is 0 Å². The van der Waals surface area contributed by atoms with E-state index in [2.05, 4.69) is 0 Å². The van der Waals surface area contributed by atoms with Gasteiger partial charge in [-0.15, -0.1) is 0 Å². The monoisotopic (exact) mass is 370 g/mol. The van der Waals surface area contributed by atoms with Crippen molar-refractivity contribution in [2.24, 2.45) is 0 Å². The molecule has 0 N–H and O–H groups in total. The minimum atomic E-state index is -0.696. The summed E-state index contributed by atoms with van der Waals surface area (Å²) in [5.74, 6) is -0.552. The Morgan fingerprint density at radius 3 is 2.70 bits per heavy atom. The van der Waals surface area contributed by atoms with E-state index in [4.69, 9.17) is 14.2 Å². The van der Waals surface area contributed by atoms with Crippen LogP contribution in [-0.2, 0) is 22.7 Å². The maximum atomic E-state index is 15.0. The van der Waals surface area contributed by atoms with Crippen LogP contribution in [0.2, 0.25) is 0 Å². The van der Waals surface area contributed by atoms with Gasteiger partial charge in [0.1, 0.15) is 12.7 Å². The molecule has 140 valence electrons. The Balaban J connectivity index is 1.57. The zero-order valence-electron chi connectivity index (χ0n) is 15.0. The average Bonchev–Trinajstić information content (AvgIpc) is 2.70. The van der Waals surface area contributed by atoms with E-state index in [0.29, 0.717) is 36.3 Å². The highest BCUT2D eigenvalue weighted by atomic mass is 19.1. The lowest BCUT2D eigenvalue weighted by Gasteiger charge is -2.29. The summed E-state index contributed by atoms with van der Waals surface area (Å²) in [5.41, 5.74) is 2.60. The van der Waals surface area contributed by atoms with Crippen molar-refractivity contribution in [2.45, 2.75) is 32.7 Å².